The largest absolute Gasteiger partial charge is 0.341 e. The Morgan fingerprint density at radius 2 is 2.14 bits per heavy atom. The minimum atomic E-state index is 0.309. The molecule has 0 aliphatic carbocycles. The second-order valence-corrected chi connectivity index (χ2v) is 7.16. The highest BCUT2D eigenvalue weighted by Gasteiger charge is 2.19. The second-order valence-electron chi connectivity index (χ2n) is 6.18. The number of aromatic nitrogens is 2. The van der Waals surface area contributed by atoms with Gasteiger partial charge in [0.05, 0.1) is 6.20 Å². The third kappa shape index (κ3) is 5.02. The molecule has 1 amide bonds. The maximum Gasteiger partial charge on any atom is 0.223 e. The summed E-state index contributed by atoms with van der Waals surface area (Å²) in [6.45, 7) is 8.97. The normalized spacial score (nSPS) is 17.0. The zero-order chi connectivity index (χ0) is 15.9. The van der Waals surface area contributed by atoms with E-state index in [4.69, 9.17) is 0 Å². The Labute approximate surface area is 138 Å². The van der Waals surface area contributed by atoms with E-state index in [0.717, 1.165) is 44.9 Å². The van der Waals surface area contributed by atoms with E-state index in [0.29, 0.717) is 18.4 Å². The van der Waals surface area contributed by atoms with E-state index in [-0.39, 0.29) is 0 Å². The van der Waals surface area contributed by atoms with Gasteiger partial charge in [-0.05, 0) is 26.5 Å². The molecule has 1 aromatic rings. The van der Waals surface area contributed by atoms with Crippen LogP contribution in [-0.2, 0) is 11.3 Å². The predicted octanol–water partition coefficient (Wildman–Crippen LogP) is 2.25. The van der Waals surface area contributed by atoms with Crippen molar-refractivity contribution in [1.29, 1.82) is 0 Å². The Kier molecular flexibility index (Phi) is 6.76. The lowest BCUT2D eigenvalue weighted by Crippen LogP contribution is -2.35. The molecule has 1 aliphatic heterocycles. The van der Waals surface area contributed by atoms with Crippen LogP contribution in [0.4, 0.5) is 0 Å². The van der Waals surface area contributed by atoms with Crippen LogP contribution in [0.2, 0.25) is 0 Å². The van der Waals surface area contributed by atoms with Crippen LogP contribution >= 0.6 is 11.8 Å². The van der Waals surface area contributed by atoms with Crippen molar-refractivity contribution in [3.8, 4) is 0 Å². The first kappa shape index (κ1) is 17.3. The topological polar surface area (TPSA) is 41.4 Å². The standard InChI is InChI=1S/C16H28N4OS/c1-14(2)20-13-15(11-17-20)12-18-6-4-7-19(9-8-18)16(21)5-10-22-3/h11,13-14H,4-10,12H2,1-3H3. The lowest BCUT2D eigenvalue weighted by atomic mass is 10.3. The quantitative estimate of drug-likeness (QED) is 0.805. The van der Waals surface area contributed by atoms with Crippen LogP contribution in [0.3, 0.4) is 0 Å². The molecule has 124 valence electrons. The van der Waals surface area contributed by atoms with Gasteiger partial charge in [0.2, 0.25) is 5.91 Å². The van der Waals surface area contributed by atoms with Crippen molar-refractivity contribution in [2.45, 2.75) is 39.3 Å². The summed E-state index contributed by atoms with van der Waals surface area (Å²) in [7, 11) is 0. The Hall–Kier alpha value is -1.01. The number of nitrogens with zero attached hydrogens (tertiary/aromatic N) is 4. The van der Waals surface area contributed by atoms with Crippen molar-refractivity contribution >= 4 is 17.7 Å². The smallest absolute Gasteiger partial charge is 0.223 e. The minimum Gasteiger partial charge on any atom is -0.341 e. The van der Waals surface area contributed by atoms with E-state index in [1.165, 1.54) is 5.56 Å². The van der Waals surface area contributed by atoms with Crippen molar-refractivity contribution < 1.29 is 4.79 Å². The van der Waals surface area contributed by atoms with Crippen molar-refractivity contribution in [3.63, 3.8) is 0 Å². The molecular formula is C16H28N4OS. The van der Waals surface area contributed by atoms with Crippen molar-refractivity contribution in [1.82, 2.24) is 19.6 Å². The average molecular weight is 324 g/mol. The molecule has 2 rings (SSSR count). The van der Waals surface area contributed by atoms with Gasteiger partial charge in [-0.25, -0.2) is 0 Å². The molecular weight excluding hydrogens is 296 g/mol. The van der Waals surface area contributed by atoms with Crippen LogP contribution in [0.5, 0.6) is 0 Å². The molecule has 5 nitrogen and oxygen atoms in total. The molecule has 0 N–H and O–H groups in total. The van der Waals surface area contributed by atoms with Gasteiger partial charge < -0.3 is 4.90 Å². The molecule has 22 heavy (non-hydrogen) atoms. The first-order chi connectivity index (χ1) is 10.6. The first-order valence-electron chi connectivity index (χ1n) is 8.12. The second kappa shape index (κ2) is 8.58. The monoisotopic (exact) mass is 324 g/mol. The fourth-order valence-electron chi connectivity index (χ4n) is 2.73. The van der Waals surface area contributed by atoms with Gasteiger partial charge in [-0.15, -0.1) is 0 Å². The lowest BCUT2D eigenvalue weighted by Gasteiger charge is -2.21. The molecule has 2 heterocycles. The summed E-state index contributed by atoms with van der Waals surface area (Å²) in [6, 6.07) is 0.405. The predicted molar refractivity (Wildman–Crippen MR) is 92.1 cm³/mol. The third-order valence-corrected chi connectivity index (χ3v) is 4.66. The van der Waals surface area contributed by atoms with E-state index in [1.54, 1.807) is 11.8 Å². The maximum absolute atomic E-state index is 12.1. The van der Waals surface area contributed by atoms with Gasteiger partial charge >= 0.3 is 0 Å². The number of amides is 1. The Morgan fingerprint density at radius 1 is 1.32 bits per heavy atom. The fraction of sp³-hybridized carbons (Fsp3) is 0.750. The molecule has 0 unspecified atom stereocenters. The lowest BCUT2D eigenvalue weighted by molar-refractivity contribution is -0.130. The zero-order valence-electron chi connectivity index (χ0n) is 14.0. The molecule has 1 aliphatic rings. The summed E-state index contributed by atoms with van der Waals surface area (Å²) in [5.41, 5.74) is 1.26. The summed E-state index contributed by atoms with van der Waals surface area (Å²) in [4.78, 5) is 16.6. The van der Waals surface area contributed by atoms with Crippen LogP contribution in [0.1, 0.15) is 38.3 Å². The number of hydrogen-bond donors (Lipinski definition) is 0. The van der Waals surface area contributed by atoms with Gasteiger partial charge in [0.25, 0.3) is 0 Å². The summed E-state index contributed by atoms with van der Waals surface area (Å²) in [6.07, 6.45) is 7.88. The number of hydrogen-bond acceptors (Lipinski definition) is 4. The molecule has 1 aromatic heterocycles. The van der Waals surface area contributed by atoms with Gasteiger partial charge in [-0.2, -0.15) is 16.9 Å². The SMILES string of the molecule is CSCCC(=O)N1CCCN(Cc2cnn(C(C)C)c2)CC1. The van der Waals surface area contributed by atoms with Gasteiger partial charge in [0, 0.05) is 62.7 Å². The van der Waals surface area contributed by atoms with E-state index in [1.807, 2.05) is 15.8 Å². The molecule has 0 radical (unpaired) electrons. The summed E-state index contributed by atoms with van der Waals surface area (Å²) in [5.74, 6) is 1.23. The first-order valence-corrected chi connectivity index (χ1v) is 9.51. The maximum atomic E-state index is 12.1. The van der Waals surface area contributed by atoms with Gasteiger partial charge in [-0.3, -0.25) is 14.4 Å². The number of carbonyl (C=O) groups is 1. The van der Waals surface area contributed by atoms with Crippen molar-refractivity contribution in [2.24, 2.45) is 0 Å². The average Bonchev–Trinajstić information content (AvgIpc) is 2.84. The summed E-state index contributed by atoms with van der Waals surface area (Å²) < 4.78 is 2.01. The van der Waals surface area contributed by atoms with Gasteiger partial charge in [0.15, 0.2) is 0 Å². The van der Waals surface area contributed by atoms with Gasteiger partial charge in [-0.1, -0.05) is 0 Å². The molecule has 0 saturated carbocycles. The highest BCUT2D eigenvalue weighted by atomic mass is 32.2. The molecule has 0 spiro atoms. The number of carbonyl (C=O) groups excluding carboxylic acids is 1. The molecule has 0 atom stereocenters. The number of thioether (sulfide) groups is 1. The molecule has 6 heteroatoms. The van der Waals surface area contributed by atoms with Crippen LogP contribution in [0.15, 0.2) is 12.4 Å². The summed E-state index contributed by atoms with van der Waals surface area (Å²) >= 11 is 1.74. The molecule has 0 aromatic carbocycles. The third-order valence-electron chi connectivity index (χ3n) is 4.05. The Bertz CT molecular complexity index is 474. The van der Waals surface area contributed by atoms with E-state index in [9.17, 15) is 4.79 Å². The van der Waals surface area contributed by atoms with E-state index in [2.05, 4.69) is 36.3 Å². The zero-order valence-corrected chi connectivity index (χ0v) is 14.8. The number of rotatable bonds is 6. The van der Waals surface area contributed by atoms with Crippen LogP contribution in [0.25, 0.3) is 0 Å². The van der Waals surface area contributed by atoms with Crippen LogP contribution in [0, 0.1) is 0 Å². The summed E-state index contributed by atoms with van der Waals surface area (Å²) in [5, 5.41) is 4.40. The molecule has 0 bridgehead atoms. The van der Waals surface area contributed by atoms with Crippen LogP contribution in [-0.4, -0.2) is 63.7 Å². The fourth-order valence-corrected chi connectivity index (χ4v) is 3.10. The highest BCUT2D eigenvalue weighted by Crippen LogP contribution is 2.12. The Morgan fingerprint density at radius 3 is 2.82 bits per heavy atom. The Balaban J connectivity index is 1.83. The van der Waals surface area contributed by atoms with E-state index < -0.39 is 0 Å². The van der Waals surface area contributed by atoms with Crippen molar-refractivity contribution in [3.05, 3.63) is 18.0 Å². The molecule has 1 saturated heterocycles. The highest BCUT2D eigenvalue weighted by molar-refractivity contribution is 7.98. The minimum absolute atomic E-state index is 0.309. The van der Waals surface area contributed by atoms with Crippen LogP contribution < -0.4 is 0 Å². The van der Waals surface area contributed by atoms with Gasteiger partial charge in [0.1, 0.15) is 0 Å². The van der Waals surface area contributed by atoms with Crippen molar-refractivity contribution in [2.75, 3.05) is 38.2 Å². The van der Waals surface area contributed by atoms with E-state index >= 15 is 0 Å². The molecule has 1 fully saturated rings.